The first-order valence-electron chi connectivity index (χ1n) is 20.7. The first kappa shape index (κ1) is 47.3. The van der Waals surface area contributed by atoms with E-state index < -0.39 is 45.2 Å². The summed E-state index contributed by atoms with van der Waals surface area (Å²) in [4.78, 5) is 44.5. The SMILES string of the molecule is [C-]#[N+]c1c(C(=O)OC(C)(C)C)c2nc(C(C)(C)C)nn2c1=C1Sc2c(OC(C)(C)C)c3c(c(OC(C)(C)C)c2S1)SC(=c1c(C#N)c(C(=O)OC(C)(C)C)c2nc(C(C)(C)C)nn12)S3. The Bertz CT molecular complexity index is 2780. The number of rotatable bonds is 4. The first-order valence-corrected chi connectivity index (χ1v) is 24.0. The van der Waals surface area contributed by atoms with Crippen molar-refractivity contribution in [1.29, 1.82) is 5.26 Å². The van der Waals surface area contributed by atoms with E-state index in [1.54, 1.807) is 50.6 Å². The van der Waals surface area contributed by atoms with Crippen LogP contribution in [0.5, 0.6) is 11.5 Å². The van der Waals surface area contributed by atoms with Crippen LogP contribution in [-0.2, 0) is 20.3 Å². The van der Waals surface area contributed by atoms with Crippen molar-refractivity contribution < 1.29 is 28.5 Å². The van der Waals surface area contributed by atoms with E-state index >= 15 is 0 Å². The highest BCUT2D eigenvalue weighted by atomic mass is 32.2. The quantitative estimate of drug-likeness (QED) is 0.124. The number of thioether (sulfide) groups is 4. The fourth-order valence-corrected chi connectivity index (χ4v) is 12.1. The molecule has 1 aromatic carbocycles. The van der Waals surface area contributed by atoms with Gasteiger partial charge < -0.3 is 18.9 Å². The number of benzene rings is 1. The molecular formula is C46H54N8O6S4. The van der Waals surface area contributed by atoms with Crippen LogP contribution in [0.15, 0.2) is 19.6 Å². The van der Waals surface area contributed by atoms with Crippen molar-refractivity contribution in [2.24, 2.45) is 0 Å². The summed E-state index contributed by atoms with van der Waals surface area (Å²) in [5.74, 6) is 0.844. The van der Waals surface area contributed by atoms with Gasteiger partial charge in [0.05, 0.1) is 45.5 Å². The maximum Gasteiger partial charge on any atom is 0.343 e. The zero-order valence-corrected chi connectivity index (χ0v) is 42.9. The van der Waals surface area contributed by atoms with E-state index in [-0.39, 0.29) is 33.7 Å². The molecule has 64 heavy (non-hydrogen) atoms. The summed E-state index contributed by atoms with van der Waals surface area (Å²) >= 11 is 5.62. The molecule has 0 saturated carbocycles. The zero-order chi connectivity index (χ0) is 47.6. The van der Waals surface area contributed by atoms with Crippen LogP contribution in [0, 0.1) is 17.9 Å². The highest BCUT2D eigenvalue weighted by molar-refractivity contribution is 8.33. The second-order valence-corrected chi connectivity index (χ2v) is 26.2. The second kappa shape index (κ2) is 15.5. The lowest BCUT2D eigenvalue weighted by atomic mass is 9.96. The fraction of sp³-hybridized carbons (Fsp3) is 0.522. The van der Waals surface area contributed by atoms with Gasteiger partial charge in [0, 0.05) is 10.8 Å². The third kappa shape index (κ3) is 8.87. The molecule has 0 N–H and O–H groups in total. The van der Waals surface area contributed by atoms with E-state index in [4.69, 9.17) is 45.7 Å². The highest BCUT2D eigenvalue weighted by Gasteiger charge is 2.42. The van der Waals surface area contributed by atoms with Crippen LogP contribution < -0.4 is 20.2 Å². The summed E-state index contributed by atoms with van der Waals surface area (Å²) in [5.41, 5.74) is -3.17. The smallest absolute Gasteiger partial charge is 0.343 e. The van der Waals surface area contributed by atoms with Crippen LogP contribution in [0.4, 0.5) is 5.69 Å². The molecule has 0 aliphatic carbocycles. The van der Waals surface area contributed by atoms with E-state index in [0.717, 1.165) is 19.6 Å². The largest absolute Gasteiger partial charge is 0.486 e. The Hall–Kier alpha value is -4.62. The van der Waals surface area contributed by atoms with E-state index in [0.29, 0.717) is 42.3 Å². The van der Waals surface area contributed by atoms with Crippen LogP contribution in [-0.4, -0.2) is 63.5 Å². The molecule has 0 radical (unpaired) electrons. The second-order valence-electron chi connectivity index (χ2n) is 21.6. The van der Waals surface area contributed by atoms with Crippen molar-refractivity contribution in [2.75, 3.05) is 0 Å². The number of fused-ring (bicyclic) bond motifs is 4. The predicted octanol–water partition coefficient (Wildman–Crippen LogP) is 10.4. The van der Waals surface area contributed by atoms with Gasteiger partial charge in [0.25, 0.3) is 0 Å². The Labute approximate surface area is 390 Å². The molecule has 6 heterocycles. The average Bonchev–Trinajstić information content (AvgIpc) is 3.94. The lowest BCUT2D eigenvalue weighted by molar-refractivity contribution is 0.00594. The highest BCUT2D eigenvalue weighted by Crippen LogP contribution is 2.69. The maximum absolute atomic E-state index is 14.0. The summed E-state index contributed by atoms with van der Waals surface area (Å²) in [6, 6.07) is 2.31. The number of carbonyl (C=O) groups excluding carboxylic acids is 2. The molecule has 0 atom stereocenters. The summed E-state index contributed by atoms with van der Waals surface area (Å²) in [7, 11) is 0. The molecule has 0 fully saturated rings. The van der Waals surface area contributed by atoms with Gasteiger partial charge >= 0.3 is 11.9 Å². The molecule has 2 aliphatic heterocycles. The monoisotopic (exact) mass is 942 g/mol. The van der Waals surface area contributed by atoms with Crippen LogP contribution in [0.1, 0.15) is 163 Å². The summed E-state index contributed by atoms with van der Waals surface area (Å²) in [6.45, 7) is 42.9. The topological polar surface area (TPSA) is 160 Å². The van der Waals surface area contributed by atoms with Gasteiger partial charge in [0.15, 0.2) is 34.4 Å². The van der Waals surface area contributed by atoms with Gasteiger partial charge in [-0.1, -0.05) is 88.6 Å². The normalized spacial score (nSPS) is 14.8. The third-order valence-corrected chi connectivity index (χ3v) is 14.2. The van der Waals surface area contributed by atoms with Crippen molar-refractivity contribution in [2.45, 2.75) is 177 Å². The van der Waals surface area contributed by atoms with Crippen molar-refractivity contribution in [1.82, 2.24) is 29.2 Å². The molecule has 0 spiro atoms. The fourth-order valence-electron chi connectivity index (χ4n) is 6.58. The summed E-state index contributed by atoms with van der Waals surface area (Å²) in [6.07, 6.45) is 0. The van der Waals surface area contributed by atoms with Gasteiger partial charge in [0.2, 0.25) is 5.69 Å². The Kier molecular flexibility index (Phi) is 11.5. The minimum absolute atomic E-state index is 0.0513. The molecular weight excluding hydrogens is 889 g/mol. The standard InChI is InChI=1S/C46H54N8O6S4/c1-41(2,3)39-49-33-22(35(55)59-45(13,14)15)21(20-47)25(53(33)51-39)37-61-29-27(57-43(7,8)9)31-32(28(30(29)62-37)58-44(10,11)12)64-38(63-31)26-24(48-19)23(36(56)60-46(16,17)18)34-50-40(42(4,5)6)52-54(26)34/h1-18H3. The summed E-state index contributed by atoms with van der Waals surface area (Å²) in [5, 5.41) is 21.5. The molecule has 2 aliphatic rings. The minimum Gasteiger partial charge on any atom is -0.486 e. The molecule has 0 amide bonds. The Morgan fingerprint density at radius 2 is 0.938 bits per heavy atom. The number of carbonyl (C=O) groups is 2. The van der Waals surface area contributed by atoms with Crippen LogP contribution >= 0.6 is 47.0 Å². The van der Waals surface area contributed by atoms with E-state index in [9.17, 15) is 14.9 Å². The Morgan fingerprint density at radius 1 is 0.578 bits per heavy atom. The number of nitrogens with zero attached hydrogens (tertiary/aromatic N) is 8. The van der Waals surface area contributed by atoms with Gasteiger partial charge in [-0.3, -0.25) is 0 Å². The molecule has 338 valence electrons. The Morgan fingerprint density at radius 3 is 1.28 bits per heavy atom. The number of nitriles is 1. The van der Waals surface area contributed by atoms with Crippen LogP contribution in [0.2, 0.25) is 0 Å². The van der Waals surface area contributed by atoms with E-state index in [1.807, 2.05) is 83.1 Å². The molecule has 14 nitrogen and oxygen atoms in total. The number of aromatic nitrogens is 6. The van der Waals surface area contributed by atoms with E-state index in [1.165, 1.54) is 47.0 Å². The Balaban J connectivity index is 1.54. The number of hydrogen-bond donors (Lipinski definition) is 0. The molecule has 4 aromatic heterocycles. The molecule has 0 bridgehead atoms. The van der Waals surface area contributed by atoms with Crippen molar-refractivity contribution in [3.63, 3.8) is 0 Å². The maximum atomic E-state index is 14.0. The van der Waals surface area contributed by atoms with Crippen molar-refractivity contribution in [3.8, 4) is 17.6 Å². The van der Waals surface area contributed by atoms with Gasteiger partial charge in [0.1, 0.15) is 44.9 Å². The van der Waals surface area contributed by atoms with Gasteiger partial charge in [-0.25, -0.2) is 33.4 Å². The van der Waals surface area contributed by atoms with Gasteiger partial charge in [-0.05, 0) is 83.1 Å². The summed E-state index contributed by atoms with van der Waals surface area (Å²) < 4.78 is 30.1. The zero-order valence-electron chi connectivity index (χ0n) is 39.7. The molecule has 5 aromatic rings. The van der Waals surface area contributed by atoms with Gasteiger partial charge in [-0.15, -0.1) is 0 Å². The van der Waals surface area contributed by atoms with Crippen LogP contribution in [0.3, 0.4) is 0 Å². The first-order chi connectivity index (χ1) is 29.2. The number of ether oxygens (including phenoxy) is 4. The van der Waals surface area contributed by atoms with Gasteiger partial charge in [-0.2, -0.15) is 15.5 Å². The van der Waals surface area contributed by atoms with E-state index in [2.05, 4.69) is 10.9 Å². The number of hydrogen-bond acceptors (Lipinski definition) is 15. The molecule has 7 rings (SSSR count). The predicted molar refractivity (Wildman–Crippen MR) is 253 cm³/mol. The minimum atomic E-state index is -0.834. The number of esters is 2. The third-order valence-electron chi connectivity index (χ3n) is 9.02. The average molecular weight is 943 g/mol. The lowest BCUT2D eigenvalue weighted by Crippen LogP contribution is -2.25. The van der Waals surface area contributed by atoms with Crippen molar-refractivity contribution >= 4 is 84.4 Å². The van der Waals surface area contributed by atoms with Crippen LogP contribution in [0.25, 0.3) is 24.6 Å². The molecule has 0 saturated heterocycles. The molecule has 0 unspecified atom stereocenters. The van der Waals surface area contributed by atoms with Crippen molar-refractivity contribution in [3.05, 3.63) is 50.5 Å². The molecule has 18 heteroatoms. The lowest BCUT2D eigenvalue weighted by Gasteiger charge is -2.28.